The number of Topliss-reactive ketones (excluding diaryl/α,β-unsaturated/α-hetero) is 2. The molecule has 1 aromatic heterocycles. The Labute approximate surface area is 591 Å². The van der Waals surface area contributed by atoms with Gasteiger partial charge in [0.15, 0.2) is 18.3 Å². The lowest BCUT2D eigenvalue weighted by Gasteiger charge is -2.39. The molecule has 0 saturated carbocycles. The predicted molar refractivity (Wildman–Crippen MR) is 370 cm³/mol. The maximum absolute atomic E-state index is 15.0. The van der Waals surface area contributed by atoms with Gasteiger partial charge in [0.05, 0.1) is 35.7 Å². The van der Waals surface area contributed by atoms with Crippen LogP contribution in [0.1, 0.15) is 173 Å². The number of aromatic hydroxyl groups is 1. The minimum atomic E-state index is -1.97. The number of phenols is 1. The molecule has 1 saturated heterocycles. The molecule has 1 aliphatic rings. The summed E-state index contributed by atoms with van der Waals surface area (Å²) in [7, 11) is 4.07. The third-order valence-corrected chi connectivity index (χ3v) is 21.0. The number of hydrogen-bond acceptors (Lipinski definition) is 24. The van der Waals surface area contributed by atoms with Crippen molar-refractivity contribution in [3.63, 3.8) is 0 Å². The molecule has 99 heavy (non-hydrogen) atoms. The molecule has 29 nitrogen and oxygen atoms in total. The largest absolute Gasteiger partial charge is 0.508 e. The molecular formula is C67H106N8O21S3. The number of nitrogens with zero attached hydrogens (tertiary/aromatic N) is 3. The Morgan fingerprint density at radius 3 is 2.08 bits per heavy atom. The molecule has 558 valence electrons. The Morgan fingerprint density at radius 1 is 0.788 bits per heavy atom. The number of hydrazine groups is 1. The van der Waals surface area contributed by atoms with Crippen LogP contribution in [0.25, 0.3) is 0 Å². The van der Waals surface area contributed by atoms with Crippen molar-refractivity contribution in [2.75, 3.05) is 51.6 Å². The second-order valence-electron chi connectivity index (χ2n) is 26.5. The van der Waals surface area contributed by atoms with E-state index in [0.717, 1.165) is 53.0 Å². The zero-order valence-corrected chi connectivity index (χ0v) is 60.9. The number of aromatic nitrogens is 1. The van der Waals surface area contributed by atoms with Crippen LogP contribution >= 0.6 is 32.9 Å². The van der Waals surface area contributed by atoms with E-state index in [-0.39, 0.29) is 123 Å². The van der Waals surface area contributed by atoms with E-state index >= 15 is 4.79 Å². The minimum absolute atomic E-state index is 0.0209. The van der Waals surface area contributed by atoms with Gasteiger partial charge >= 0.3 is 24.0 Å². The van der Waals surface area contributed by atoms with Crippen molar-refractivity contribution in [1.82, 2.24) is 41.6 Å². The Bertz CT molecular complexity index is 2930. The van der Waals surface area contributed by atoms with Gasteiger partial charge in [-0.05, 0) is 94.0 Å². The number of aliphatic hydroxyl groups excluding tert-OH is 5. The molecule has 0 aliphatic carbocycles. The molecule has 2 aromatic rings. The molecule has 1 aliphatic heterocycles. The predicted octanol–water partition coefficient (Wildman–Crippen LogP) is 4.33. The number of esters is 1. The lowest BCUT2D eigenvalue weighted by molar-refractivity contribution is -0.161. The van der Waals surface area contributed by atoms with Crippen LogP contribution in [0.3, 0.4) is 0 Å². The number of amides is 6. The normalized spacial score (nSPS) is 17.3. The van der Waals surface area contributed by atoms with Crippen LogP contribution in [-0.2, 0) is 59.0 Å². The van der Waals surface area contributed by atoms with Gasteiger partial charge in [-0.3, -0.25) is 58.3 Å². The smallest absolute Gasteiger partial charge is 0.426 e. The molecule has 0 bridgehead atoms. The molecule has 1 aromatic carbocycles. The van der Waals surface area contributed by atoms with E-state index in [4.69, 9.17) is 24.7 Å². The highest BCUT2D eigenvalue weighted by molar-refractivity contribution is 8.76. The van der Waals surface area contributed by atoms with E-state index in [1.807, 2.05) is 55.5 Å². The van der Waals surface area contributed by atoms with Gasteiger partial charge in [0, 0.05) is 91.3 Å². The van der Waals surface area contributed by atoms with Crippen LogP contribution in [0.15, 0.2) is 29.6 Å². The average Bonchev–Trinajstić information content (AvgIpc) is 1.78. The summed E-state index contributed by atoms with van der Waals surface area (Å²) >= 11 is 1.27. The number of likely N-dealkylation sites (tertiary alicyclic amines) is 1. The molecule has 3 rings (SSSR count). The number of aliphatic hydroxyl groups is 5. The number of nitrogens with one attached hydrogen (secondary N) is 5. The summed E-state index contributed by atoms with van der Waals surface area (Å²) in [5.74, 6) is -10.9. The number of piperidine rings is 1. The summed E-state index contributed by atoms with van der Waals surface area (Å²) in [5, 5.41) is 87.8. The highest BCUT2D eigenvalue weighted by Gasteiger charge is 2.40. The number of carbonyl (C=O) groups excluding carboxylic acids is 9. The number of aliphatic carboxylic acids is 2. The van der Waals surface area contributed by atoms with Crippen LogP contribution in [0.4, 0.5) is 4.79 Å². The second kappa shape index (κ2) is 44.7. The lowest BCUT2D eigenvalue weighted by Crippen LogP contribution is -2.50. The van der Waals surface area contributed by atoms with Crippen molar-refractivity contribution in [3.05, 3.63) is 45.9 Å². The minimum Gasteiger partial charge on any atom is -0.508 e. The molecule has 0 spiro atoms. The van der Waals surface area contributed by atoms with Gasteiger partial charge < -0.3 is 71.2 Å². The Kier molecular flexibility index (Phi) is 39.1. The van der Waals surface area contributed by atoms with Crippen molar-refractivity contribution < 1.29 is 103 Å². The molecule has 1 unspecified atom stereocenters. The highest BCUT2D eigenvalue weighted by atomic mass is 33.1. The fourth-order valence-electron chi connectivity index (χ4n) is 11.1. The number of phenolic OH excluding ortho intramolecular Hbond substituents is 1. The third-order valence-electron chi connectivity index (χ3n) is 17.5. The number of benzene rings is 1. The maximum atomic E-state index is 15.0. The lowest BCUT2D eigenvalue weighted by atomic mass is 9.82. The van der Waals surface area contributed by atoms with E-state index < -0.39 is 146 Å². The summed E-state index contributed by atoms with van der Waals surface area (Å²) in [6, 6.07) is 3.49. The van der Waals surface area contributed by atoms with Crippen LogP contribution in [-0.4, -0.2) is 221 Å². The topological polar surface area (TPSA) is 448 Å². The van der Waals surface area contributed by atoms with Crippen LogP contribution in [0.2, 0.25) is 0 Å². The number of likely N-dealkylation sites (N-methyl/N-ethyl adjacent to an activating group) is 1. The first-order valence-corrected chi connectivity index (χ1v) is 37.1. The number of carbonyl (C=O) groups is 11. The van der Waals surface area contributed by atoms with Crippen LogP contribution < -0.4 is 26.8 Å². The van der Waals surface area contributed by atoms with Gasteiger partial charge in [0.1, 0.15) is 36.4 Å². The molecule has 14 atom stereocenters. The molecule has 1 fully saturated rings. The standard InChI is InChI=1S/C67H106N8O21S3/c1-11-39(6)47(31-53(79)50-14-12-13-23-74(50)10)65(91)75(36-96-58(85)26-37(2)3)51(38(4)5)28-42(9)64-71-49(35-97-64)63(90)69-45(29-43-16-18-46(77)19-17-43)27-41(8)62(89)72-73-67(94)95-24-25-98-99-34-44(66(92)93)30-52(78)48(70-61(88)40(7)15-22-57(83)84)20-21-56(82)68-32-54(80)59(86)60(87)55(81)33-76/h16-19,35,37-42,44-45,47-48,50-51,54-55,59-60,76-77,80-81,86-87H,11-15,20-34,36H2,1-10H3,(H,68,82)(H,69,90)(H,70,88)(H,72,89)(H,73,94)(H,83,84)(H,92,93)/t39?,40-,41-,42+,44-,45+,47-,48-,50+,51+,54-,55+,59+,60+/m0/s1. The van der Waals surface area contributed by atoms with Gasteiger partial charge in [0.25, 0.3) is 5.91 Å². The molecule has 2 heterocycles. The first-order chi connectivity index (χ1) is 46.7. The van der Waals surface area contributed by atoms with Gasteiger partial charge in [-0.25, -0.2) is 15.2 Å². The zero-order valence-electron chi connectivity index (χ0n) is 58.4. The zero-order chi connectivity index (χ0) is 74.2. The summed E-state index contributed by atoms with van der Waals surface area (Å²) in [6.07, 6.45) is -6.25. The number of hydrogen-bond donors (Lipinski definition) is 13. The number of carboxylic acids is 2. The van der Waals surface area contributed by atoms with E-state index in [2.05, 4.69) is 31.7 Å². The number of ether oxygens (including phenoxy) is 2. The van der Waals surface area contributed by atoms with Gasteiger partial charge in [0.2, 0.25) is 23.6 Å². The van der Waals surface area contributed by atoms with Crippen LogP contribution in [0, 0.1) is 41.4 Å². The van der Waals surface area contributed by atoms with Crippen molar-refractivity contribution in [2.45, 2.75) is 207 Å². The van der Waals surface area contributed by atoms with Crippen molar-refractivity contribution in [2.24, 2.45) is 41.4 Å². The summed E-state index contributed by atoms with van der Waals surface area (Å²) in [5.41, 5.74) is 5.34. The average molecular weight is 1460 g/mol. The third kappa shape index (κ3) is 31.1. The summed E-state index contributed by atoms with van der Waals surface area (Å²) in [4.78, 5) is 154. The Balaban J connectivity index is 1.64. The quantitative estimate of drug-likeness (QED) is 0.0144. The first-order valence-electron chi connectivity index (χ1n) is 33.8. The maximum Gasteiger partial charge on any atom is 0.426 e. The van der Waals surface area contributed by atoms with Crippen molar-refractivity contribution >= 4 is 98.0 Å². The molecular weight excluding hydrogens is 1350 g/mol. The highest BCUT2D eigenvalue weighted by Crippen LogP contribution is 2.33. The van der Waals surface area contributed by atoms with Gasteiger partial charge in [-0.2, -0.15) is 0 Å². The van der Waals surface area contributed by atoms with E-state index in [1.165, 1.54) is 30.4 Å². The monoisotopic (exact) mass is 1450 g/mol. The molecule has 13 N–H and O–H groups in total. The first kappa shape index (κ1) is 86.7. The molecule has 32 heteroatoms. The second-order valence-corrected chi connectivity index (χ2v) is 30.0. The molecule has 6 amide bonds. The summed E-state index contributed by atoms with van der Waals surface area (Å²) in [6.45, 7) is 15.4. The number of ketones is 2. The van der Waals surface area contributed by atoms with Crippen molar-refractivity contribution in [1.29, 1.82) is 0 Å². The SMILES string of the molecule is CCC(C)[C@H](CC(=O)[C@H]1CCCCN1C)C(=O)N(COC(=O)CC(C)C)[C@H](C[C@@H](C)c1nc(C(=O)N[C@@H](Cc2ccc(O)cc2)C[C@H](C)C(=O)NNC(=O)OCCSSC[C@H](CC(=O)[C@H](CCC(=O)NC[C@H](O)[C@@H](O)[C@H](O)[C@H](O)CO)NC(=O)[C@@H](C)CCC(=O)O)C(=O)O)cs1)C(C)C. The Hall–Kier alpha value is -6.52. The fraction of sp³-hybridized carbons (Fsp3) is 0.701. The van der Waals surface area contributed by atoms with Gasteiger partial charge in [-0.1, -0.05) is 109 Å². The Morgan fingerprint density at radius 2 is 1.46 bits per heavy atom. The number of thiazole rings is 1. The van der Waals surface area contributed by atoms with Crippen LogP contribution in [0.5, 0.6) is 5.75 Å². The van der Waals surface area contributed by atoms with Crippen molar-refractivity contribution in [3.8, 4) is 5.75 Å². The van der Waals surface area contributed by atoms with E-state index in [0.29, 0.717) is 17.8 Å². The summed E-state index contributed by atoms with van der Waals surface area (Å²) < 4.78 is 11.0. The number of rotatable bonds is 46. The molecule has 0 radical (unpaired) electrons. The van der Waals surface area contributed by atoms with E-state index in [1.54, 1.807) is 29.3 Å². The fourth-order valence-corrected chi connectivity index (χ4v) is 14.1. The van der Waals surface area contributed by atoms with E-state index in [9.17, 15) is 78.6 Å². The number of carboxylic acid groups (broad SMARTS) is 2. The van der Waals surface area contributed by atoms with Gasteiger partial charge in [-0.15, -0.1) is 11.3 Å².